The first-order chi connectivity index (χ1) is 8.80. The second-order valence-corrected chi connectivity index (χ2v) is 6.80. The molecule has 0 aliphatic heterocycles. The first-order valence-electron chi connectivity index (χ1n) is 5.30. The number of sulfonamides is 1. The summed E-state index contributed by atoms with van der Waals surface area (Å²) in [6.45, 7) is 0.273. The van der Waals surface area contributed by atoms with Crippen molar-refractivity contribution < 1.29 is 13.3 Å². The predicted octanol–water partition coefficient (Wildman–Crippen LogP) is 1.16. The minimum Gasteiger partial charge on any atom is -0.399 e. The molecule has 0 spiro atoms. The summed E-state index contributed by atoms with van der Waals surface area (Å²) in [6, 6.07) is 3.52. The van der Waals surface area contributed by atoms with Crippen LogP contribution in [0.5, 0.6) is 0 Å². The first kappa shape index (κ1) is 15.7. The predicted molar refractivity (Wildman–Crippen MR) is 75.7 cm³/mol. The van der Waals surface area contributed by atoms with Crippen molar-refractivity contribution in [1.29, 1.82) is 0 Å². The van der Waals surface area contributed by atoms with Gasteiger partial charge in [-0.1, -0.05) is 0 Å². The molecule has 1 aromatic carbocycles. The first-order valence-corrected chi connectivity index (χ1v) is 8.13. The summed E-state index contributed by atoms with van der Waals surface area (Å²) in [7, 11) is -2.52. The third kappa shape index (κ3) is 3.58. The standard InChI is InChI=1S/C10H15N3O4S2/c1-12(5-6-18-2)19(16,17)10-7-8(11)3-4-9(10)13(14)15/h3-4,7H,5-6,11H2,1-2H3. The van der Waals surface area contributed by atoms with Crippen LogP contribution in [0, 0.1) is 10.1 Å². The molecule has 7 nitrogen and oxygen atoms in total. The molecule has 9 heteroatoms. The van der Waals surface area contributed by atoms with Crippen molar-refractivity contribution in [3.63, 3.8) is 0 Å². The van der Waals surface area contributed by atoms with Gasteiger partial charge in [-0.05, 0) is 18.4 Å². The summed E-state index contributed by atoms with van der Waals surface area (Å²) in [6.07, 6.45) is 1.85. The molecule has 19 heavy (non-hydrogen) atoms. The van der Waals surface area contributed by atoms with Crippen LogP contribution in [0.2, 0.25) is 0 Å². The lowest BCUT2D eigenvalue weighted by molar-refractivity contribution is -0.387. The lowest BCUT2D eigenvalue weighted by Gasteiger charge is -2.16. The third-order valence-electron chi connectivity index (χ3n) is 2.48. The number of benzene rings is 1. The maximum atomic E-state index is 12.3. The van der Waals surface area contributed by atoms with E-state index in [0.717, 1.165) is 16.4 Å². The summed E-state index contributed by atoms with van der Waals surface area (Å²) >= 11 is 1.49. The molecular weight excluding hydrogens is 290 g/mol. The zero-order chi connectivity index (χ0) is 14.6. The van der Waals surface area contributed by atoms with Crippen LogP contribution < -0.4 is 5.73 Å². The second kappa shape index (κ2) is 6.22. The van der Waals surface area contributed by atoms with Gasteiger partial charge in [0, 0.05) is 31.1 Å². The maximum Gasteiger partial charge on any atom is 0.289 e. The highest BCUT2D eigenvalue weighted by Crippen LogP contribution is 2.28. The minimum absolute atomic E-state index is 0.169. The number of rotatable bonds is 6. The zero-order valence-corrected chi connectivity index (χ0v) is 12.2. The van der Waals surface area contributed by atoms with Gasteiger partial charge in [-0.2, -0.15) is 16.1 Å². The third-order valence-corrected chi connectivity index (χ3v) is 4.96. The molecule has 1 rings (SSSR count). The molecule has 0 saturated heterocycles. The molecule has 0 amide bonds. The van der Waals surface area contributed by atoms with Gasteiger partial charge < -0.3 is 5.73 Å². The van der Waals surface area contributed by atoms with Crippen LogP contribution >= 0.6 is 11.8 Å². The monoisotopic (exact) mass is 305 g/mol. The molecule has 0 radical (unpaired) electrons. The number of nitro groups is 1. The van der Waals surface area contributed by atoms with Crippen molar-refractivity contribution in [2.45, 2.75) is 4.90 Å². The van der Waals surface area contributed by atoms with Crippen molar-refractivity contribution in [3.8, 4) is 0 Å². The Labute approximate surface area is 116 Å². The average Bonchev–Trinajstić information content (AvgIpc) is 2.35. The fourth-order valence-corrected chi connectivity index (χ4v) is 3.33. The summed E-state index contributed by atoms with van der Waals surface area (Å²) < 4.78 is 25.6. The number of nitrogens with zero attached hydrogens (tertiary/aromatic N) is 2. The van der Waals surface area contributed by atoms with Crippen molar-refractivity contribution in [2.75, 3.05) is 31.3 Å². The molecule has 0 bridgehead atoms. The van der Waals surface area contributed by atoms with Crippen molar-refractivity contribution >= 4 is 33.2 Å². The molecule has 2 N–H and O–H groups in total. The highest BCUT2D eigenvalue weighted by atomic mass is 32.2. The Morgan fingerprint density at radius 2 is 2.11 bits per heavy atom. The lowest BCUT2D eigenvalue weighted by Crippen LogP contribution is -2.29. The largest absolute Gasteiger partial charge is 0.399 e. The van der Waals surface area contributed by atoms with Gasteiger partial charge in [0.2, 0.25) is 10.0 Å². The average molecular weight is 305 g/mol. The molecular formula is C10H15N3O4S2. The Hall–Kier alpha value is -1.32. The van der Waals surface area contributed by atoms with Crippen LogP contribution in [0.1, 0.15) is 0 Å². The Kier molecular flexibility index (Phi) is 5.15. The van der Waals surface area contributed by atoms with Crippen molar-refractivity contribution in [2.24, 2.45) is 0 Å². The molecule has 0 unspecified atom stereocenters. The smallest absolute Gasteiger partial charge is 0.289 e. The van der Waals surface area contributed by atoms with Crippen LogP contribution in [-0.4, -0.2) is 43.2 Å². The summed E-state index contributed by atoms with van der Waals surface area (Å²) in [4.78, 5) is 9.79. The van der Waals surface area contributed by atoms with Gasteiger partial charge in [-0.25, -0.2) is 8.42 Å². The zero-order valence-electron chi connectivity index (χ0n) is 10.6. The quantitative estimate of drug-likeness (QED) is 0.480. The fraction of sp³-hybridized carbons (Fsp3) is 0.400. The van der Waals surface area contributed by atoms with E-state index in [0.29, 0.717) is 5.75 Å². The minimum atomic E-state index is -3.91. The van der Waals surface area contributed by atoms with Gasteiger partial charge in [-0.15, -0.1) is 0 Å². The number of hydrogen-bond acceptors (Lipinski definition) is 6. The molecule has 0 atom stereocenters. The van der Waals surface area contributed by atoms with Gasteiger partial charge in [0.1, 0.15) is 0 Å². The van der Waals surface area contributed by atoms with E-state index in [1.807, 2.05) is 6.26 Å². The Morgan fingerprint density at radius 3 is 2.63 bits per heavy atom. The molecule has 1 aromatic rings. The number of nitrogen functional groups attached to an aromatic ring is 1. The normalized spacial score (nSPS) is 11.7. The molecule has 0 fully saturated rings. The van der Waals surface area contributed by atoms with Gasteiger partial charge in [0.05, 0.1) is 4.92 Å². The molecule has 0 saturated carbocycles. The highest BCUT2D eigenvalue weighted by Gasteiger charge is 2.29. The van der Waals surface area contributed by atoms with Crippen molar-refractivity contribution in [3.05, 3.63) is 28.3 Å². The molecule has 106 valence electrons. The van der Waals surface area contributed by atoms with Gasteiger partial charge in [-0.3, -0.25) is 10.1 Å². The maximum absolute atomic E-state index is 12.3. The molecule has 0 aromatic heterocycles. The Bertz CT molecular complexity index is 574. The van der Waals surface area contributed by atoms with Gasteiger partial charge >= 0.3 is 0 Å². The van der Waals surface area contributed by atoms with E-state index >= 15 is 0 Å². The van der Waals surface area contributed by atoms with E-state index in [2.05, 4.69) is 0 Å². The topological polar surface area (TPSA) is 107 Å². The summed E-state index contributed by atoms with van der Waals surface area (Å²) in [5.74, 6) is 0.603. The van der Waals surface area contributed by atoms with Crippen LogP contribution in [0.15, 0.2) is 23.1 Å². The SMILES string of the molecule is CSCCN(C)S(=O)(=O)c1cc(N)ccc1[N+](=O)[O-]. The van der Waals surface area contributed by atoms with E-state index in [4.69, 9.17) is 5.73 Å². The number of anilines is 1. The van der Waals surface area contributed by atoms with Gasteiger partial charge in [0.15, 0.2) is 4.90 Å². The number of thioether (sulfide) groups is 1. The van der Waals surface area contributed by atoms with E-state index in [9.17, 15) is 18.5 Å². The Morgan fingerprint density at radius 1 is 1.47 bits per heavy atom. The van der Waals surface area contributed by atoms with E-state index < -0.39 is 20.6 Å². The molecule has 0 aliphatic carbocycles. The van der Waals surface area contributed by atoms with Crippen molar-refractivity contribution in [1.82, 2.24) is 4.31 Å². The highest BCUT2D eigenvalue weighted by molar-refractivity contribution is 7.98. The number of hydrogen-bond donors (Lipinski definition) is 1. The molecule has 0 heterocycles. The van der Waals surface area contributed by atoms with Crippen LogP contribution in [-0.2, 0) is 10.0 Å². The second-order valence-electron chi connectivity index (χ2n) is 3.80. The van der Waals surface area contributed by atoms with E-state index in [1.54, 1.807) is 0 Å². The number of nitro benzene ring substituents is 1. The van der Waals surface area contributed by atoms with E-state index in [-0.39, 0.29) is 17.1 Å². The molecule has 0 aliphatic rings. The fourth-order valence-electron chi connectivity index (χ4n) is 1.40. The van der Waals surface area contributed by atoms with Gasteiger partial charge in [0.25, 0.3) is 5.69 Å². The summed E-state index contributed by atoms with van der Waals surface area (Å²) in [5.41, 5.74) is 5.22. The van der Waals surface area contributed by atoms with E-state index in [1.165, 1.54) is 24.9 Å². The number of nitrogens with two attached hydrogens (primary N) is 1. The van der Waals surface area contributed by atoms with Crippen LogP contribution in [0.3, 0.4) is 0 Å². The Balaban J connectivity index is 3.27. The summed E-state index contributed by atoms with van der Waals surface area (Å²) in [5, 5.41) is 10.9. The van der Waals surface area contributed by atoms with Crippen LogP contribution in [0.4, 0.5) is 11.4 Å². The van der Waals surface area contributed by atoms with Crippen LogP contribution in [0.25, 0.3) is 0 Å². The lowest BCUT2D eigenvalue weighted by atomic mass is 10.3.